The summed E-state index contributed by atoms with van der Waals surface area (Å²) < 4.78 is 2.23. The van der Waals surface area contributed by atoms with Gasteiger partial charge in [-0.2, -0.15) is 0 Å². The Balaban J connectivity index is 1.84. The molecule has 0 saturated carbocycles. The molecule has 1 fully saturated rings. The van der Waals surface area contributed by atoms with Crippen LogP contribution in [-0.4, -0.2) is 31.1 Å². The number of rotatable bonds is 4. The van der Waals surface area contributed by atoms with Crippen molar-refractivity contribution in [2.45, 2.75) is 39.8 Å². The summed E-state index contributed by atoms with van der Waals surface area (Å²) in [4.78, 5) is 11.5. The van der Waals surface area contributed by atoms with Gasteiger partial charge in [0.2, 0.25) is 0 Å². The molecule has 1 aliphatic rings. The van der Waals surface area contributed by atoms with E-state index in [0.717, 1.165) is 23.2 Å². The number of aryl methyl sites for hydroxylation is 2. The molecule has 4 rings (SSSR count). The Kier molecular flexibility index (Phi) is 4.89. The molecule has 5 nitrogen and oxygen atoms in total. The summed E-state index contributed by atoms with van der Waals surface area (Å²) in [7, 11) is 0. The highest BCUT2D eigenvalue weighted by atomic mass is 32.1. The molecule has 6 heteroatoms. The van der Waals surface area contributed by atoms with Gasteiger partial charge in [0.15, 0.2) is 5.11 Å². The summed E-state index contributed by atoms with van der Waals surface area (Å²) in [5, 5.41) is 4.27. The van der Waals surface area contributed by atoms with Crippen molar-refractivity contribution in [3.05, 3.63) is 77.0 Å². The van der Waals surface area contributed by atoms with E-state index in [1.165, 1.54) is 22.5 Å². The number of thiocarbonyl (C=S) groups is 1. The van der Waals surface area contributed by atoms with E-state index in [9.17, 15) is 0 Å². The maximum Gasteiger partial charge on any atom is 0.170 e. The molecule has 0 aliphatic carbocycles. The third-order valence-corrected chi connectivity index (χ3v) is 5.81. The molecule has 1 saturated heterocycles. The maximum atomic E-state index is 5.66. The average Bonchev–Trinajstić information content (AvgIpc) is 3.17. The van der Waals surface area contributed by atoms with Crippen LogP contribution in [-0.2, 0) is 0 Å². The van der Waals surface area contributed by atoms with Crippen molar-refractivity contribution < 1.29 is 0 Å². The standard InChI is InChI=1S/C22H25N5S/c1-5-26-21(20(25-22(26)28)18-8-6-7-10-23-18)17-13-15(3)27(16(17)4)19-12-14(2)9-11-24-19/h6-13,20-21H,5H2,1-4H3,(H,25,28)/t20-,21-/m1/s1. The smallest absolute Gasteiger partial charge is 0.170 e. The largest absolute Gasteiger partial charge is 0.352 e. The molecular weight excluding hydrogens is 366 g/mol. The van der Waals surface area contributed by atoms with E-state index in [4.69, 9.17) is 12.2 Å². The molecule has 0 aromatic carbocycles. The molecule has 28 heavy (non-hydrogen) atoms. The van der Waals surface area contributed by atoms with Gasteiger partial charge >= 0.3 is 0 Å². The molecule has 1 aliphatic heterocycles. The monoisotopic (exact) mass is 391 g/mol. The molecule has 144 valence electrons. The summed E-state index contributed by atoms with van der Waals surface area (Å²) in [6.07, 6.45) is 3.70. The Morgan fingerprint density at radius 3 is 2.57 bits per heavy atom. The Hall–Kier alpha value is -2.73. The minimum Gasteiger partial charge on any atom is -0.352 e. The highest BCUT2D eigenvalue weighted by Gasteiger charge is 2.40. The van der Waals surface area contributed by atoms with Gasteiger partial charge in [0, 0.05) is 30.3 Å². The van der Waals surface area contributed by atoms with E-state index in [2.05, 4.69) is 70.6 Å². The predicted octanol–water partition coefficient (Wildman–Crippen LogP) is 4.18. The summed E-state index contributed by atoms with van der Waals surface area (Å²) in [6.45, 7) is 9.37. The van der Waals surface area contributed by atoms with Crippen LogP contribution in [0, 0.1) is 20.8 Å². The van der Waals surface area contributed by atoms with E-state index in [1.54, 1.807) is 0 Å². The number of hydrogen-bond acceptors (Lipinski definition) is 3. The number of hydrogen-bond donors (Lipinski definition) is 1. The Labute approximate surface area is 171 Å². The summed E-state index contributed by atoms with van der Waals surface area (Å²) in [5.74, 6) is 0.951. The SMILES string of the molecule is CCN1C(=S)N[C@H](c2ccccn2)[C@H]1c1cc(C)n(-c2cc(C)ccn2)c1C. The van der Waals surface area contributed by atoms with Gasteiger partial charge in [-0.3, -0.25) is 4.98 Å². The lowest BCUT2D eigenvalue weighted by molar-refractivity contribution is 0.329. The van der Waals surface area contributed by atoms with Crippen molar-refractivity contribution in [1.29, 1.82) is 0 Å². The van der Waals surface area contributed by atoms with Gasteiger partial charge in [0.25, 0.3) is 0 Å². The van der Waals surface area contributed by atoms with Crippen molar-refractivity contribution in [2.75, 3.05) is 6.54 Å². The van der Waals surface area contributed by atoms with Crippen LogP contribution in [0.25, 0.3) is 5.82 Å². The van der Waals surface area contributed by atoms with Gasteiger partial charge in [-0.1, -0.05) is 6.07 Å². The van der Waals surface area contributed by atoms with Gasteiger partial charge in [-0.05, 0) is 81.4 Å². The zero-order valence-corrected chi connectivity index (χ0v) is 17.5. The van der Waals surface area contributed by atoms with Crippen LogP contribution >= 0.6 is 12.2 Å². The number of likely N-dealkylation sites (N-methyl/N-ethyl adjacent to an activating group) is 1. The zero-order valence-electron chi connectivity index (χ0n) is 16.7. The van der Waals surface area contributed by atoms with Gasteiger partial charge < -0.3 is 14.8 Å². The van der Waals surface area contributed by atoms with Gasteiger partial charge in [0.1, 0.15) is 5.82 Å². The van der Waals surface area contributed by atoms with Crippen LogP contribution in [0.3, 0.4) is 0 Å². The second kappa shape index (κ2) is 7.36. The quantitative estimate of drug-likeness (QED) is 0.676. The fourth-order valence-electron chi connectivity index (χ4n) is 4.17. The first-order valence-corrected chi connectivity index (χ1v) is 10.0. The average molecular weight is 392 g/mol. The first kappa shape index (κ1) is 18.6. The lowest BCUT2D eigenvalue weighted by Gasteiger charge is -2.27. The van der Waals surface area contributed by atoms with Crippen LogP contribution in [0.2, 0.25) is 0 Å². The van der Waals surface area contributed by atoms with Gasteiger partial charge in [-0.25, -0.2) is 4.98 Å². The minimum absolute atomic E-state index is 0.0214. The molecule has 0 spiro atoms. The molecule has 3 aromatic heterocycles. The van der Waals surface area contributed by atoms with Crippen LogP contribution in [0.1, 0.15) is 47.2 Å². The van der Waals surface area contributed by atoms with Crippen molar-refractivity contribution in [3.63, 3.8) is 0 Å². The predicted molar refractivity (Wildman–Crippen MR) is 116 cm³/mol. The van der Waals surface area contributed by atoms with Crippen molar-refractivity contribution in [3.8, 4) is 5.82 Å². The molecule has 0 amide bonds. The van der Waals surface area contributed by atoms with E-state index in [0.29, 0.717) is 0 Å². The molecule has 0 radical (unpaired) electrons. The lowest BCUT2D eigenvalue weighted by atomic mass is 9.97. The van der Waals surface area contributed by atoms with Crippen LogP contribution in [0.4, 0.5) is 0 Å². The number of pyridine rings is 2. The van der Waals surface area contributed by atoms with Crippen LogP contribution in [0.15, 0.2) is 48.8 Å². The molecule has 4 heterocycles. The lowest BCUT2D eigenvalue weighted by Crippen LogP contribution is -2.29. The third kappa shape index (κ3) is 3.07. The first-order valence-electron chi connectivity index (χ1n) is 9.61. The third-order valence-electron chi connectivity index (χ3n) is 5.46. The second-order valence-corrected chi connectivity index (χ2v) is 7.65. The number of nitrogens with zero attached hydrogens (tertiary/aromatic N) is 4. The first-order chi connectivity index (χ1) is 13.5. The molecule has 0 unspecified atom stereocenters. The fourth-order valence-corrected chi connectivity index (χ4v) is 4.54. The van der Waals surface area contributed by atoms with Crippen LogP contribution < -0.4 is 5.32 Å². The molecule has 0 bridgehead atoms. The Morgan fingerprint density at radius 2 is 1.89 bits per heavy atom. The maximum absolute atomic E-state index is 5.66. The number of aromatic nitrogens is 3. The molecule has 1 N–H and O–H groups in total. The molecular formula is C22H25N5S. The highest BCUT2D eigenvalue weighted by molar-refractivity contribution is 7.80. The van der Waals surface area contributed by atoms with Gasteiger partial charge in [-0.15, -0.1) is 0 Å². The normalized spacial score (nSPS) is 19.1. The Morgan fingerprint density at radius 1 is 1.07 bits per heavy atom. The highest BCUT2D eigenvalue weighted by Crippen LogP contribution is 2.41. The van der Waals surface area contributed by atoms with Crippen LogP contribution in [0.5, 0.6) is 0 Å². The summed E-state index contributed by atoms with van der Waals surface area (Å²) >= 11 is 5.66. The van der Waals surface area contributed by atoms with E-state index < -0.39 is 0 Å². The van der Waals surface area contributed by atoms with E-state index >= 15 is 0 Å². The Bertz CT molecular complexity index is 1010. The van der Waals surface area contributed by atoms with Crippen molar-refractivity contribution in [1.82, 2.24) is 24.8 Å². The molecule has 3 aromatic rings. The molecule has 2 atom stereocenters. The van der Waals surface area contributed by atoms with Gasteiger partial charge in [0.05, 0.1) is 17.8 Å². The van der Waals surface area contributed by atoms with E-state index in [1.807, 2.05) is 30.6 Å². The second-order valence-electron chi connectivity index (χ2n) is 7.27. The zero-order chi connectivity index (χ0) is 19.8. The summed E-state index contributed by atoms with van der Waals surface area (Å²) in [6, 6.07) is 12.6. The fraction of sp³-hybridized carbons (Fsp3) is 0.318. The topological polar surface area (TPSA) is 46.0 Å². The van der Waals surface area contributed by atoms with Crippen molar-refractivity contribution in [2.24, 2.45) is 0 Å². The minimum atomic E-state index is 0.0214. The van der Waals surface area contributed by atoms with E-state index in [-0.39, 0.29) is 12.1 Å². The summed E-state index contributed by atoms with van der Waals surface area (Å²) in [5.41, 5.74) is 5.81. The van der Waals surface area contributed by atoms with Crippen molar-refractivity contribution >= 4 is 17.3 Å². The number of nitrogens with one attached hydrogen (secondary N) is 1.